The summed E-state index contributed by atoms with van der Waals surface area (Å²) < 4.78 is 4.79. The van der Waals surface area contributed by atoms with Gasteiger partial charge in [0.05, 0.1) is 18.6 Å². The van der Waals surface area contributed by atoms with Crippen LogP contribution in [-0.2, 0) is 9.53 Å². The summed E-state index contributed by atoms with van der Waals surface area (Å²) >= 11 is 0. The Balaban J connectivity index is 2.84. The summed E-state index contributed by atoms with van der Waals surface area (Å²) in [5, 5.41) is 10.5. The maximum absolute atomic E-state index is 11.7. The predicted molar refractivity (Wildman–Crippen MR) is 58.3 cm³/mol. The molecule has 0 heterocycles. The summed E-state index contributed by atoms with van der Waals surface area (Å²) in [5.41, 5.74) is -0.847. The molecule has 88 valence electrons. The van der Waals surface area contributed by atoms with Crippen LogP contribution in [0.3, 0.4) is 0 Å². The smallest absolute Gasteiger partial charge is 0.311 e. The number of ether oxygens (including phenoxy) is 1. The number of methoxy groups -OCH3 is 1. The lowest BCUT2D eigenvalue weighted by Gasteiger charge is -2.33. The fraction of sp³-hybridized carbons (Fsp3) is 0.917. The fourth-order valence-electron chi connectivity index (χ4n) is 2.83. The molecule has 1 aliphatic rings. The first kappa shape index (κ1) is 12.5. The first-order valence-electron chi connectivity index (χ1n) is 5.71. The molecule has 0 radical (unpaired) electrons. The molecule has 0 amide bonds. The molecule has 3 nitrogen and oxygen atoms in total. The zero-order chi connectivity index (χ0) is 11.6. The molecule has 1 aliphatic carbocycles. The van der Waals surface area contributed by atoms with Crippen LogP contribution in [0.1, 0.15) is 40.0 Å². The lowest BCUT2D eigenvalue weighted by atomic mass is 9.78. The lowest BCUT2D eigenvalue weighted by Crippen LogP contribution is -2.43. The van der Waals surface area contributed by atoms with E-state index in [4.69, 9.17) is 4.74 Å². The van der Waals surface area contributed by atoms with Crippen molar-refractivity contribution in [2.75, 3.05) is 7.11 Å². The molecule has 1 fully saturated rings. The number of carbonyl (C=O) groups is 1. The Kier molecular flexibility index (Phi) is 3.77. The van der Waals surface area contributed by atoms with Gasteiger partial charge in [0.1, 0.15) is 0 Å². The SMILES string of the molecule is COC(=O)C(C(C)C)C1(O)CCC(C)C1. The molecule has 0 spiro atoms. The van der Waals surface area contributed by atoms with Gasteiger partial charge in [-0.2, -0.15) is 0 Å². The van der Waals surface area contributed by atoms with Crippen molar-refractivity contribution in [2.45, 2.75) is 45.6 Å². The van der Waals surface area contributed by atoms with Gasteiger partial charge in [0.25, 0.3) is 0 Å². The van der Waals surface area contributed by atoms with E-state index in [9.17, 15) is 9.90 Å². The Labute approximate surface area is 91.8 Å². The second-order valence-corrected chi connectivity index (χ2v) is 5.20. The van der Waals surface area contributed by atoms with Gasteiger partial charge in [0.15, 0.2) is 0 Å². The molecule has 0 aromatic rings. The summed E-state index contributed by atoms with van der Waals surface area (Å²) in [7, 11) is 1.39. The Morgan fingerprint density at radius 3 is 2.47 bits per heavy atom. The molecule has 0 bridgehead atoms. The van der Waals surface area contributed by atoms with Crippen LogP contribution in [0.2, 0.25) is 0 Å². The highest BCUT2D eigenvalue weighted by Gasteiger charge is 2.47. The van der Waals surface area contributed by atoms with E-state index in [1.807, 2.05) is 13.8 Å². The molecule has 0 aromatic heterocycles. The van der Waals surface area contributed by atoms with Gasteiger partial charge in [-0.05, 0) is 31.1 Å². The first-order valence-corrected chi connectivity index (χ1v) is 5.71. The summed E-state index contributed by atoms with van der Waals surface area (Å²) in [5.74, 6) is -0.0392. The molecule has 3 heteroatoms. The van der Waals surface area contributed by atoms with E-state index in [1.54, 1.807) is 0 Å². The summed E-state index contributed by atoms with van der Waals surface area (Å²) in [6.45, 7) is 6.04. The third kappa shape index (κ3) is 2.51. The fourth-order valence-corrected chi connectivity index (χ4v) is 2.83. The van der Waals surface area contributed by atoms with Gasteiger partial charge in [-0.3, -0.25) is 4.79 Å². The van der Waals surface area contributed by atoms with E-state index in [0.717, 1.165) is 6.42 Å². The lowest BCUT2D eigenvalue weighted by molar-refractivity contribution is -0.159. The van der Waals surface area contributed by atoms with E-state index in [2.05, 4.69) is 6.92 Å². The molecule has 0 aromatic carbocycles. The maximum Gasteiger partial charge on any atom is 0.311 e. The Hall–Kier alpha value is -0.570. The monoisotopic (exact) mass is 214 g/mol. The molecule has 1 rings (SSSR count). The molecular weight excluding hydrogens is 192 g/mol. The Bertz CT molecular complexity index is 237. The van der Waals surface area contributed by atoms with Crippen LogP contribution in [-0.4, -0.2) is 23.8 Å². The van der Waals surface area contributed by atoms with Crippen molar-refractivity contribution in [2.24, 2.45) is 17.8 Å². The molecular formula is C12H22O3. The zero-order valence-corrected chi connectivity index (χ0v) is 10.1. The summed E-state index contributed by atoms with van der Waals surface area (Å²) in [6.07, 6.45) is 2.42. The van der Waals surface area contributed by atoms with Crippen LogP contribution in [0.15, 0.2) is 0 Å². The minimum Gasteiger partial charge on any atom is -0.469 e. The van der Waals surface area contributed by atoms with Crippen molar-refractivity contribution in [1.29, 1.82) is 0 Å². The average molecular weight is 214 g/mol. The van der Waals surface area contributed by atoms with Crippen molar-refractivity contribution in [3.63, 3.8) is 0 Å². The number of hydrogen-bond acceptors (Lipinski definition) is 3. The van der Waals surface area contributed by atoms with Gasteiger partial charge in [-0.1, -0.05) is 20.8 Å². The van der Waals surface area contributed by atoms with Crippen molar-refractivity contribution in [1.82, 2.24) is 0 Å². The average Bonchev–Trinajstić information content (AvgIpc) is 2.45. The van der Waals surface area contributed by atoms with Crippen molar-refractivity contribution in [3.05, 3.63) is 0 Å². The molecule has 0 saturated heterocycles. The van der Waals surface area contributed by atoms with Gasteiger partial charge in [-0.15, -0.1) is 0 Å². The van der Waals surface area contributed by atoms with Gasteiger partial charge in [0.2, 0.25) is 0 Å². The standard InChI is InChI=1S/C12H22O3/c1-8(2)10(11(13)15-4)12(14)6-5-9(3)7-12/h8-10,14H,5-7H2,1-4H3. The minimum absolute atomic E-state index is 0.118. The van der Waals surface area contributed by atoms with Crippen molar-refractivity contribution < 1.29 is 14.6 Å². The van der Waals surface area contributed by atoms with Gasteiger partial charge in [0, 0.05) is 0 Å². The van der Waals surface area contributed by atoms with Crippen LogP contribution in [0.25, 0.3) is 0 Å². The van der Waals surface area contributed by atoms with Gasteiger partial charge >= 0.3 is 5.97 Å². The molecule has 1 saturated carbocycles. The quantitative estimate of drug-likeness (QED) is 0.731. The van der Waals surface area contributed by atoms with E-state index >= 15 is 0 Å². The Morgan fingerprint density at radius 2 is 2.13 bits per heavy atom. The van der Waals surface area contributed by atoms with E-state index in [1.165, 1.54) is 7.11 Å². The number of rotatable bonds is 3. The van der Waals surface area contributed by atoms with E-state index < -0.39 is 5.60 Å². The van der Waals surface area contributed by atoms with E-state index in [0.29, 0.717) is 18.8 Å². The highest BCUT2D eigenvalue weighted by atomic mass is 16.5. The van der Waals surface area contributed by atoms with Crippen molar-refractivity contribution >= 4 is 5.97 Å². The Morgan fingerprint density at radius 1 is 1.53 bits per heavy atom. The number of hydrogen-bond donors (Lipinski definition) is 1. The topological polar surface area (TPSA) is 46.5 Å². The molecule has 3 atom stereocenters. The maximum atomic E-state index is 11.7. The molecule has 15 heavy (non-hydrogen) atoms. The first-order chi connectivity index (χ1) is 6.90. The molecule has 3 unspecified atom stereocenters. The third-order valence-electron chi connectivity index (χ3n) is 3.47. The number of esters is 1. The highest BCUT2D eigenvalue weighted by molar-refractivity contribution is 5.74. The zero-order valence-electron chi connectivity index (χ0n) is 10.1. The van der Waals surface area contributed by atoms with Crippen molar-refractivity contribution in [3.8, 4) is 0 Å². The molecule has 0 aliphatic heterocycles. The van der Waals surface area contributed by atoms with Crippen LogP contribution in [0.5, 0.6) is 0 Å². The van der Waals surface area contributed by atoms with Gasteiger partial charge < -0.3 is 9.84 Å². The summed E-state index contributed by atoms with van der Waals surface area (Å²) in [6, 6.07) is 0. The molecule has 1 N–H and O–H groups in total. The second-order valence-electron chi connectivity index (χ2n) is 5.20. The van der Waals surface area contributed by atoms with Crippen LogP contribution < -0.4 is 0 Å². The van der Waals surface area contributed by atoms with Crippen LogP contribution in [0.4, 0.5) is 0 Å². The van der Waals surface area contributed by atoms with Gasteiger partial charge in [-0.25, -0.2) is 0 Å². The predicted octanol–water partition coefficient (Wildman–Crippen LogP) is 1.98. The normalized spacial score (nSPS) is 33.1. The number of aliphatic hydroxyl groups is 1. The van der Waals surface area contributed by atoms with Crippen LogP contribution in [0, 0.1) is 17.8 Å². The number of carbonyl (C=O) groups excluding carboxylic acids is 1. The van der Waals surface area contributed by atoms with Crippen LogP contribution >= 0.6 is 0 Å². The highest BCUT2D eigenvalue weighted by Crippen LogP contribution is 2.42. The van der Waals surface area contributed by atoms with E-state index in [-0.39, 0.29) is 17.8 Å². The largest absolute Gasteiger partial charge is 0.469 e. The third-order valence-corrected chi connectivity index (χ3v) is 3.47. The minimum atomic E-state index is -0.847. The summed E-state index contributed by atoms with van der Waals surface area (Å²) in [4.78, 5) is 11.7. The second kappa shape index (κ2) is 4.52.